The number of rotatable bonds is 5. The average Bonchev–Trinajstić information content (AvgIpc) is 2.53. The van der Waals surface area contributed by atoms with E-state index in [1.54, 1.807) is 12.1 Å². The summed E-state index contributed by atoms with van der Waals surface area (Å²) < 4.78 is 0. The van der Waals surface area contributed by atoms with Gasteiger partial charge in [0.1, 0.15) is 5.75 Å². The van der Waals surface area contributed by atoms with Gasteiger partial charge in [0, 0.05) is 23.9 Å². The van der Waals surface area contributed by atoms with Crippen molar-refractivity contribution in [3.05, 3.63) is 24.3 Å². The molecule has 5 nitrogen and oxygen atoms in total. The van der Waals surface area contributed by atoms with Crippen LogP contribution in [-0.2, 0) is 9.59 Å². The number of phenolic OH excluding ortho intramolecular Hbond substituents is 1. The maximum atomic E-state index is 12.8. The van der Waals surface area contributed by atoms with E-state index < -0.39 is 0 Å². The lowest BCUT2D eigenvalue weighted by molar-refractivity contribution is -0.135. The van der Waals surface area contributed by atoms with Gasteiger partial charge < -0.3 is 15.7 Å². The number of hydrogen-bond donors (Lipinski definition) is 2. The van der Waals surface area contributed by atoms with E-state index in [9.17, 15) is 14.7 Å². The zero-order valence-electron chi connectivity index (χ0n) is 13.6. The third-order valence-electron chi connectivity index (χ3n) is 4.16. The summed E-state index contributed by atoms with van der Waals surface area (Å²) in [7, 11) is 0. The topological polar surface area (TPSA) is 83.6 Å². The summed E-state index contributed by atoms with van der Waals surface area (Å²) in [4.78, 5) is 26.9. The fourth-order valence-electron chi connectivity index (χ4n) is 2.71. The summed E-state index contributed by atoms with van der Waals surface area (Å²) in [5.74, 6) is 0.142. The number of piperidine rings is 1. The normalized spacial score (nSPS) is 17.3. The van der Waals surface area contributed by atoms with E-state index in [1.807, 2.05) is 30.9 Å². The van der Waals surface area contributed by atoms with E-state index in [0.717, 1.165) is 4.90 Å². The van der Waals surface area contributed by atoms with Crippen molar-refractivity contribution < 1.29 is 14.7 Å². The van der Waals surface area contributed by atoms with Gasteiger partial charge in [-0.25, -0.2) is 0 Å². The third-order valence-corrected chi connectivity index (χ3v) is 5.70. The molecule has 2 amide bonds. The number of benzene rings is 1. The van der Waals surface area contributed by atoms with Crippen LogP contribution in [0.4, 0.5) is 0 Å². The van der Waals surface area contributed by atoms with Crippen molar-refractivity contribution in [2.75, 3.05) is 13.1 Å². The van der Waals surface area contributed by atoms with Crippen LogP contribution < -0.4 is 5.73 Å². The Balaban J connectivity index is 2.01. The largest absolute Gasteiger partial charge is 0.508 e. The number of nitrogens with two attached hydrogens (primary N) is 1. The summed E-state index contributed by atoms with van der Waals surface area (Å²) in [6.45, 7) is 5.25. The van der Waals surface area contributed by atoms with Crippen molar-refractivity contribution in [1.82, 2.24) is 4.90 Å². The van der Waals surface area contributed by atoms with Crippen LogP contribution in [0.2, 0.25) is 0 Å². The van der Waals surface area contributed by atoms with E-state index in [2.05, 4.69) is 0 Å². The number of thioether (sulfide) groups is 1. The van der Waals surface area contributed by atoms with Gasteiger partial charge in [-0.05, 0) is 43.0 Å². The quantitative estimate of drug-likeness (QED) is 0.808. The number of carbonyl (C=O) groups is 2. The molecule has 0 aliphatic carbocycles. The summed E-state index contributed by atoms with van der Waals surface area (Å²) in [5.41, 5.74) is 5.34. The van der Waals surface area contributed by atoms with E-state index in [-0.39, 0.29) is 34.6 Å². The molecule has 3 N–H and O–H groups in total. The number of aromatic hydroxyl groups is 1. The molecule has 0 unspecified atom stereocenters. The molecule has 1 aliphatic rings. The molecular formula is C17H24N2O3S. The van der Waals surface area contributed by atoms with Crippen LogP contribution in [0.3, 0.4) is 0 Å². The molecule has 1 aromatic carbocycles. The SMILES string of the molecule is CC(C)[C@H](Sc1ccc(O)cc1)C(=O)N1CCC(C(N)=O)CC1. The number of amides is 2. The smallest absolute Gasteiger partial charge is 0.236 e. The third kappa shape index (κ3) is 4.64. The Morgan fingerprint density at radius 2 is 1.78 bits per heavy atom. The Hall–Kier alpha value is -1.69. The number of phenols is 1. The van der Waals surface area contributed by atoms with Gasteiger partial charge in [0.15, 0.2) is 0 Å². The first-order valence-electron chi connectivity index (χ1n) is 7.92. The molecule has 1 aromatic rings. The second kappa shape index (κ2) is 7.73. The predicted molar refractivity (Wildman–Crippen MR) is 91.1 cm³/mol. The Bertz CT molecular complexity index is 551. The highest BCUT2D eigenvalue weighted by Gasteiger charge is 2.32. The summed E-state index contributed by atoms with van der Waals surface area (Å²) in [6.07, 6.45) is 1.30. The van der Waals surface area contributed by atoms with Crippen LogP contribution >= 0.6 is 11.8 Å². The molecule has 1 saturated heterocycles. The van der Waals surface area contributed by atoms with Crippen molar-refractivity contribution in [2.24, 2.45) is 17.6 Å². The van der Waals surface area contributed by atoms with E-state index in [0.29, 0.717) is 25.9 Å². The summed E-state index contributed by atoms with van der Waals surface area (Å²) in [6, 6.07) is 6.90. The molecule has 6 heteroatoms. The monoisotopic (exact) mass is 336 g/mol. The molecule has 0 radical (unpaired) electrons. The molecule has 1 fully saturated rings. The number of carbonyl (C=O) groups excluding carboxylic acids is 2. The van der Waals surface area contributed by atoms with Crippen molar-refractivity contribution >= 4 is 23.6 Å². The Labute approximate surface area is 141 Å². The Kier molecular flexibility index (Phi) is 5.93. The Morgan fingerprint density at radius 1 is 1.22 bits per heavy atom. The first kappa shape index (κ1) is 17.7. The standard InChI is InChI=1S/C17H24N2O3S/c1-11(2)15(23-14-5-3-13(20)4-6-14)17(22)19-9-7-12(8-10-19)16(18)21/h3-6,11-12,15,20H,7-10H2,1-2H3,(H2,18,21)/t15-/m0/s1. The number of hydrogen-bond acceptors (Lipinski definition) is 4. The first-order valence-corrected chi connectivity index (χ1v) is 8.80. The maximum Gasteiger partial charge on any atom is 0.236 e. The van der Waals surface area contributed by atoms with Gasteiger partial charge in [-0.2, -0.15) is 0 Å². The van der Waals surface area contributed by atoms with Gasteiger partial charge in [-0.3, -0.25) is 9.59 Å². The second-order valence-electron chi connectivity index (χ2n) is 6.28. The van der Waals surface area contributed by atoms with Crippen molar-refractivity contribution in [3.63, 3.8) is 0 Å². The lowest BCUT2D eigenvalue weighted by Crippen LogP contribution is -2.46. The predicted octanol–water partition coefficient (Wildman–Crippen LogP) is 2.23. The van der Waals surface area contributed by atoms with Crippen LogP contribution in [0.25, 0.3) is 0 Å². The van der Waals surface area contributed by atoms with Gasteiger partial charge in [0.25, 0.3) is 0 Å². The van der Waals surface area contributed by atoms with Crippen LogP contribution in [0.5, 0.6) is 5.75 Å². The molecule has 23 heavy (non-hydrogen) atoms. The first-order chi connectivity index (χ1) is 10.9. The second-order valence-corrected chi connectivity index (χ2v) is 7.49. The van der Waals surface area contributed by atoms with Crippen molar-refractivity contribution in [3.8, 4) is 5.75 Å². The molecular weight excluding hydrogens is 312 g/mol. The van der Waals surface area contributed by atoms with E-state index in [1.165, 1.54) is 11.8 Å². The van der Waals surface area contributed by atoms with Gasteiger partial charge in [-0.15, -0.1) is 11.8 Å². The molecule has 1 atom stereocenters. The minimum absolute atomic E-state index is 0.110. The minimum Gasteiger partial charge on any atom is -0.508 e. The zero-order valence-corrected chi connectivity index (χ0v) is 14.4. The Morgan fingerprint density at radius 3 is 2.26 bits per heavy atom. The molecule has 126 valence electrons. The molecule has 2 rings (SSSR count). The number of likely N-dealkylation sites (tertiary alicyclic amines) is 1. The van der Waals surface area contributed by atoms with Crippen LogP contribution in [0, 0.1) is 11.8 Å². The zero-order chi connectivity index (χ0) is 17.0. The molecule has 0 spiro atoms. The van der Waals surface area contributed by atoms with E-state index in [4.69, 9.17) is 5.73 Å². The maximum absolute atomic E-state index is 12.8. The summed E-state index contributed by atoms with van der Waals surface area (Å²) in [5, 5.41) is 9.18. The van der Waals surface area contributed by atoms with E-state index >= 15 is 0 Å². The van der Waals surface area contributed by atoms with Gasteiger partial charge in [0.05, 0.1) is 5.25 Å². The fraction of sp³-hybridized carbons (Fsp3) is 0.529. The molecule has 0 saturated carbocycles. The number of nitrogens with zero attached hydrogens (tertiary/aromatic N) is 1. The summed E-state index contributed by atoms with van der Waals surface area (Å²) >= 11 is 1.52. The number of primary amides is 1. The van der Waals surface area contributed by atoms with Crippen LogP contribution in [-0.4, -0.2) is 40.2 Å². The minimum atomic E-state index is -0.268. The highest BCUT2D eigenvalue weighted by atomic mass is 32.2. The molecule has 1 aliphatic heterocycles. The van der Waals surface area contributed by atoms with Crippen molar-refractivity contribution in [2.45, 2.75) is 36.8 Å². The fourth-order valence-corrected chi connectivity index (χ4v) is 3.82. The van der Waals surface area contributed by atoms with Crippen molar-refractivity contribution in [1.29, 1.82) is 0 Å². The average molecular weight is 336 g/mol. The molecule has 0 bridgehead atoms. The van der Waals surface area contributed by atoms with Crippen LogP contribution in [0.15, 0.2) is 29.2 Å². The highest BCUT2D eigenvalue weighted by molar-refractivity contribution is 8.00. The highest BCUT2D eigenvalue weighted by Crippen LogP contribution is 2.31. The van der Waals surface area contributed by atoms with Gasteiger partial charge >= 0.3 is 0 Å². The molecule has 0 aromatic heterocycles. The van der Waals surface area contributed by atoms with Crippen LogP contribution in [0.1, 0.15) is 26.7 Å². The van der Waals surface area contributed by atoms with Gasteiger partial charge in [-0.1, -0.05) is 13.8 Å². The lowest BCUT2D eigenvalue weighted by atomic mass is 9.95. The molecule has 1 heterocycles. The van der Waals surface area contributed by atoms with Gasteiger partial charge in [0.2, 0.25) is 11.8 Å². The lowest BCUT2D eigenvalue weighted by Gasteiger charge is -2.34.